The third-order valence-corrected chi connectivity index (χ3v) is 4.06. The fourth-order valence-electron chi connectivity index (χ4n) is 3.15. The molecular formula is C19H28N2O3. The Kier molecular flexibility index (Phi) is 5.52. The number of piperazine rings is 1. The number of hydrogen-bond donors (Lipinski definition) is 0. The van der Waals surface area contributed by atoms with E-state index in [4.69, 9.17) is 4.74 Å². The van der Waals surface area contributed by atoms with Crippen LogP contribution in [0.5, 0.6) is 0 Å². The molecule has 2 rings (SSSR count). The second kappa shape index (κ2) is 7.24. The summed E-state index contributed by atoms with van der Waals surface area (Å²) in [6, 6.07) is 9.69. The second-order valence-corrected chi connectivity index (χ2v) is 7.55. The highest BCUT2D eigenvalue weighted by Crippen LogP contribution is 2.20. The predicted molar refractivity (Wildman–Crippen MR) is 93.7 cm³/mol. The first kappa shape index (κ1) is 18.3. The molecule has 2 atom stereocenters. The van der Waals surface area contributed by atoms with E-state index in [2.05, 4.69) is 0 Å². The molecule has 0 saturated carbocycles. The molecule has 2 amide bonds. The highest BCUT2D eigenvalue weighted by atomic mass is 16.6. The maximum atomic E-state index is 12.7. The minimum atomic E-state index is -0.510. The summed E-state index contributed by atoms with van der Waals surface area (Å²) in [5.41, 5.74) is 0.501. The number of carbonyl (C=O) groups is 2. The van der Waals surface area contributed by atoms with Crippen LogP contribution in [0.3, 0.4) is 0 Å². The zero-order chi connectivity index (χ0) is 17.9. The van der Waals surface area contributed by atoms with Crippen molar-refractivity contribution < 1.29 is 14.3 Å². The first-order valence-electron chi connectivity index (χ1n) is 8.50. The molecule has 24 heavy (non-hydrogen) atoms. The topological polar surface area (TPSA) is 49.9 Å². The lowest BCUT2D eigenvalue weighted by atomic mass is 10.1. The van der Waals surface area contributed by atoms with Gasteiger partial charge < -0.3 is 14.5 Å². The first-order valence-corrected chi connectivity index (χ1v) is 8.50. The molecule has 1 aliphatic rings. The van der Waals surface area contributed by atoms with Crippen molar-refractivity contribution in [3.8, 4) is 0 Å². The smallest absolute Gasteiger partial charge is 0.410 e. The molecule has 5 heteroatoms. The third kappa shape index (κ3) is 4.73. The number of rotatable bonds is 2. The lowest BCUT2D eigenvalue weighted by Gasteiger charge is -2.44. The van der Waals surface area contributed by atoms with E-state index in [-0.39, 0.29) is 24.1 Å². The molecule has 5 nitrogen and oxygen atoms in total. The van der Waals surface area contributed by atoms with Crippen LogP contribution in [0.1, 0.15) is 40.2 Å². The Morgan fingerprint density at radius 2 is 1.62 bits per heavy atom. The second-order valence-electron chi connectivity index (χ2n) is 7.55. The lowest BCUT2D eigenvalue weighted by molar-refractivity contribution is -0.138. The van der Waals surface area contributed by atoms with Crippen molar-refractivity contribution in [3.05, 3.63) is 35.9 Å². The van der Waals surface area contributed by atoms with Gasteiger partial charge in [-0.15, -0.1) is 0 Å². The molecule has 1 aromatic rings. The van der Waals surface area contributed by atoms with Crippen LogP contribution in [0.2, 0.25) is 0 Å². The van der Waals surface area contributed by atoms with Gasteiger partial charge in [-0.3, -0.25) is 4.79 Å². The van der Waals surface area contributed by atoms with Crippen LogP contribution in [0.15, 0.2) is 30.3 Å². The fraction of sp³-hybridized carbons (Fsp3) is 0.579. The van der Waals surface area contributed by atoms with E-state index in [9.17, 15) is 9.59 Å². The summed E-state index contributed by atoms with van der Waals surface area (Å²) < 4.78 is 5.45. The van der Waals surface area contributed by atoms with Gasteiger partial charge in [-0.2, -0.15) is 0 Å². The van der Waals surface area contributed by atoms with E-state index < -0.39 is 5.60 Å². The number of nitrogens with zero attached hydrogens (tertiary/aromatic N) is 2. The summed E-state index contributed by atoms with van der Waals surface area (Å²) in [6.45, 7) is 10.5. The van der Waals surface area contributed by atoms with E-state index in [0.717, 1.165) is 5.56 Å². The standard InChI is InChI=1S/C19H28N2O3/c1-14-12-20(18(23)24-19(3,4)5)13-15(2)21(14)17(22)11-16-9-7-6-8-10-16/h6-10,14-15H,11-13H2,1-5H3/t14-,15+. The van der Waals surface area contributed by atoms with E-state index in [0.29, 0.717) is 19.5 Å². The fourth-order valence-corrected chi connectivity index (χ4v) is 3.15. The first-order chi connectivity index (χ1) is 11.2. The monoisotopic (exact) mass is 332 g/mol. The van der Waals surface area contributed by atoms with Gasteiger partial charge in [-0.05, 0) is 40.2 Å². The van der Waals surface area contributed by atoms with Gasteiger partial charge in [0.15, 0.2) is 0 Å². The van der Waals surface area contributed by atoms with Crippen molar-refractivity contribution in [1.29, 1.82) is 0 Å². The molecule has 1 aliphatic heterocycles. The van der Waals surface area contributed by atoms with Gasteiger partial charge in [0.2, 0.25) is 5.91 Å². The maximum Gasteiger partial charge on any atom is 0.410 e. The van der Waals surface area contributed by atoms with Crippen molar-refractivity contribution in [2.45, 2.75) is 58.7 Å². The summed E-state index contributed by atoms with van der Waals surface area (Å²) in [5.74, 6) is 0.102. The van der Waals surface area contributed by atoms with Gasteiger partial charge >= 0.3 is 6.09 Å². The molecule has 1 aromatic carbocycles. The van der Waals surface area contributed by atoms with Crippen molar-refractivity contribution in [2.24, 2.45) is 0 Å². The van der Waals surface area contributed by atoms with Crippen molar-refractivity contribution in [1.82, 2.24) is 9.80 Å². The highest BCUT2D eigenvalue weighted by Gasteiger charge is 2.36. The van der Waals surface area contributed by atoms with E-state index >= 15 is 0 Å². The Hall–Kier alpha value is -2.04. The van der Waals surface area contributed by atoms with Gasteiger partial charge in [0.05, 0.1) is 6.42 Å². The van der Waals surface area contributed by atoms with Crippen molar-refractivity contribution >= 4 is 12.0 Å². The van der Waals surface area contributed by atoms with Crippen LogP contribution in [-0.2, 0) is 16.0 Å². The van der Waals surface area contributed by atoms with Gasteiger partial charge in [0, 0.05) is 25.2 Å². The van der Waals surface area contributed by atoms with E-state index in [1.807, 2.05) is 69.9 Å². The quantitative estimate of drug-likeness (QED) is 0.836. The molecule has 0 aliphatic carbocycles. The minimum absolute atomic E-state index is 0.0301. The van der Waals surface area contributed by atoms with E-state index in [1.54, 1.807) is 4.90 Å². The maximum absolute atomic E-state index is 12.7. The molecule has 0 unspecified atom stereocenters. The number of hydrogen-bond acceptors (Lipinski definition) is 3. The summed E-state index contributed by atoms with van der Waals surface area (Å²) in [7, 11) is 0. The average molecular weight is 332 g/mol. The Labute approximate surface area is 144 Å². The van der Waals surface area contributed by atoms with Crippen LogP contribution in [-0.4, -0.2) is 52.6 Å². The molecule has 0 bridgehead atoms. The Morgan fingerprint density at radius 3 is 2.12 bits per heavy atom. The van der Waals surface area contributed by atoms with Gasteiger partial charge in [0.1, 0.15) is 5.60 Å². The summed E-state index contributed by atoms with van der Waals surface area (Å²) in [4.78, 5) is 28.6. The Morgan fingerprint density at radius 1 is 1.08 bits per heavy atom. The van der Waals surface area contributed by atoms with Crippen molar-refractivity contribution in [3.63, 3.8) is 0 Å². The molecular weight excluding hydrogens is 304 g/mol. The molecule has 1 fully saturated rings. The third-order valence-electron chi connectivity index (χ3n) is 4.06. The number of carbonyl (C=O) groups excluding carboxylic acids is 2. The summed E-state index contributed by atoms with van der Waals surface area (Å²) in [6.07, 6.45) is 0.0819. The SMILES string of the molecule is C[C@@H]1CN(C(=O)OC(C)(C)C)C[C@H](C)N1C(=O)Cc1ccccc1. The van der Waals surface area contributed by atoms with E-state index in [1.165, 1.54) is 0 Å². The van der Waals surface area contributed by atoms with Gasteiger partial charge in [-0.1, -0.05) is 30.3 Å². The summed E-state index contributed by atoms with van der Waals surface area (Å²) >= 11 is 0. The molecule has 1 heterocycles. The van der Waals surface area contributed by atoms with Crippen LogP contribution < -0.4 is 0 Å². The molecule has 132 valence electrons. The van der Waals surface area contributed by atoms with Crippen LogP contribution >= 0.6 is 0 Å². The largest absolute Gasteiger partial charge is 0.444 e. The number of ether oxygens (including phenoxy) is 1. The zero-order valence-electron chi connectivity index (χ0n) is 15.3. The molecule has 0 aromatic heterocycles. The molecule has 1 saturated heterocycles. The molecule has 0 radical (unpaired) electrons. The zero-order valence-corrected chi connectivity index (χ0v) is 15.3. The van der Waals surface area contributed by atoms with Crippen molar-refractivity contribution in [2.75, 3.05) is 13.1 Å². The summed E-state index contributed by atoms with van der Waals surface area (Å²) in [5, 5.41) is 0. The lowest BCUT2D eigenvalue weighted by Crippen LogP contribution is -2.60. The molecule has 0 N–H and O–H groups in total. The predicted octanol–water partition coefficient (Wildman–Crippen LogP) is 3.09. The van der Waals surface area contributed by atoms with Crippen LogP contribution in [0, 0.1) is 0 Å². The normalized spacial score (nSPS) is 21.5. The Bertz CT molecular complexity index is 568. The van der Waals surface area contributed by atoms with Gasteiger partial charge in [-0.25, -0.2) is 4.79 Å². The number of benzene rings is 1. The van der Waals surface area contributed by atoms with Crippen LogP contribution in [0.25, 0.3) is 0 Å². The highest BCUT2D eigenvalue weighted by molar-refractivity contribution is 5.80. The molecule has 0 spiro atoms. The van der Waals surface area contributed by atoms with Gasteiger partial charge in [0.25, 0.3) is 0 Å². The van der Waals surface area contributed by atoms with Crippen LogP contribution in [0.4, 0.5) is 4.79 Å². The minimum Gasteiger partial charge on any atom is -0.444 e. The average Bonchev–Trinajstić information content (AvgIpc) is 2.45. The Balaban J connectivity index is 2.00. The number of amides is 2.